The third kappa shape index (κ3) is 2.28. The smallest absolute Gasteiger partial charge is 0.231 e. The van der Waals surface area contributed by atoms with Gasteiger partial charge in [-0.1, -0.05) is 35.3 Å². The van der Waals surface area contributed by atoms with E-state index in [4.69, 9.17) is 34.8 Å². The van der Waals surface area contributed by atoms with Gasteiger partial charge in [-0.05, 0) is 75.3 Å². The van der Waals surface area contributed by atoms with Gasteiger partial charge in [-0.15, -0.1) is 11.6 Å². The van der Waals surface area contributed by atoms with Crippen LogP contribution < -0.4 is 0 Å². The number of rotatable bonds is 2. The lowest BCUT2D eigenvalue weighted by Gasteiger charge is -2.66. The van der Waals surface area contributed by atoms with Gasteiger partial charge in [-0.3, -0.25) is 4.79 Å². The summed E-state index contributed by atoms with van der Waals surface area (Å²) < 4.78 is 0. The van der Waals surface area contributed by atoms with Crippen LogP contribution in [-0.2, 0) is 4.79 Å². The molecule has 1 unspecified atom stereocenters. The highest BCUT2D eigenvalue weighted by molar-refractivity contribution is 6.42. The summed E-state index contributed by atoms with van der Waals surface area (Å²) in [5.41, 5.74) is 0.542. The van der Waals surface area contributed by atoms with E-state index in [1.807, 2.05) is 32.0 Å². The maximum absolute atomic E-state index is 13.2. The van der Waals surface area contributed by atoms with Crippen molar-refractivity contribution in [2.24, 2.45) is 23.2 Å². The predicted molar refractivity (Wildman–Crippen MR) is 106 cm³/mol. The van der Waals surface area contributed by atoms with Crippen LogP contribution in [0.5, 0.6) is 0 Å². The van der Waals surface area contributed by atoms with Crippen molar-refractivity contribution in [1.82, 2.24) is 4.90 Å². The van der Waals surface area contributed by atoms with E-state index in [-0.39, 0.29) is 16.8 Å². The molecule has 1 aliphatic heterocycles. The normalized spacial score (nSPS) is 42.9. The molecule has 6 rings (SSSR count). The van der Waals surface area contributed by atoms with Gasteiger partial charge in [0.05, 0.1) is 21.5 Å². The number of halogens is 3. The van der Waals surface area contributed by atoms with E-state index in [2.05, 4.69) is 4.90 Å². The molecule has 1 aromatic carbocycles. The first kappa shape index (κ1) is 17.6. The molecule has 26 heavy (non-hydrogen) atoms. The van der Waals surface area contributed by atoms with Crippen molar-refractivity contribution in [2.45, 2.75) is 62.9 Å². The summed E-state index contributed by atoms with van der Waals surface area (Å²) in [7, 11) is 0. The molecule has 3 atom stereocenters. The highest BCUT2D eigenvalue weighted by Gasteiger charge is 2.64. The van der Waals surface area contributed by atoms with Gasteiger partial charge in [0.2, 0.25) is 5.91 Å². The number of hydrogen-bond acceptors (Lipinski definition) is 1. The van der Waals surface area contributed by atoms with Crippen LogP contribution in [0.1, 0.15) is 57.6 Å². The Labute approximate surface area is 170 Å². The molecule has 0 N–H and O–H groups in total. The molecular weight excluding hydrogens is 389 g/mol. The van der Waals surface area contributed by atoms with E-state index in [0.717, 1.165) is 30.7 Å². The number of hydrogen-bond donors (Lipinski definition) is 0. The quantitative estimate of drug-likeness (QED) is 0.425. The molecular formula is C21H24Cl3NO. The minimum atomic E-state index is -0.443. The van der Waals surface area contributed by atoms with Gasteiger partial charge < -0.3 is 4.90 Å². The van der Waals surface area contributed by atoms with Gasteiger partial charge in [0, 0.05) is 10.9 Å². The molecule has 4 bridgehead atoms. The summed E-state index contributed by atoms with van der Waals surface area (Å²) in [5, 5.41) is 1.14. The van der Waals surface area contributed by atoms with Gasteiger partial charge in [0.25, 0.3) is 0 Å². The summed E-state index contributed by atoms with van der Waals surface area (Å²) in [6, 6.07) is 6.07. The lowest BCUT2D eigenvalue weighted by molar-refractivity contribution is -0.190. The Balaban J connectivity index is 1.54. The molecule has 0 aromatic heterocycles. The number of carbonyl (C=O) groups is 1. The van der Waals surface area contributed by atoms with Crippen LogP contribution in [0.3, 0.4) is 0 Å². The van der Waals surface area contributed by atoms with Crippen molar-refractivity contribution >= 4 is 40.7 Å². The molecule has 5 fully saturated rings. The van der Waals surface area contributed by atoms with Crippen molar-refractivity contribution in [1.29, 1.82) is 0 Å². The van der Waals surface area contributed by atoms with Crippen LogP contribution in [0.25, 0.3) is 0 Å². The minimum Gasteiger partial charge on any atom is -0.330 e. The molecule has 1 amide bonds. The fourth-order valence-electron chi connectivity index (χ4n) is 6.78. The van der Waals surface area contributed by atoms with E-state index in [1.54, 1.807) is 0 Å². The maximum Gasteiger partial charge on any atom is 0.231 e. The third-order valence-corrected chi connectivity index (χ3v) is 8.79. The van der Waals surface area contributed by atoms with Crippen LogP contribution in [0.2, 0.25) is 10.0 Å². The van der Waals surface area contributed by atoms with Crippen molar-refractivity contribution in [3.05, 3.63) is 33.8 Å². The molecule has 0 spiro atoms. The topological polar surface area (TPSA) is 20.3 Å². The Kier molecular flexibility index (Phi) is 3.77. The first-order valence-corrected chi connectivity index (χ1v) is 10.8. The summed E-state index contributed by atoms with van der Waals surface area (Å²) in [5.74, 6) is 2.05. The second kappa shape index (κ2) is 5.55. The van der Waals surface area contributed by atoms with Gasteiger partial charge in [0.1, 0.15) is 0 Å². The highest BCUT2D eigenvalue weighted by atomic mass is 35.5. The number of likely N-dealkylation sites (tertiary alicyclic amines) is 1. The Bertz CT molecular complexity index is 775. The van der Waals surface area contributed by atoms with E-state index in [9.17, 15) is 4.79 Å². The van der Waals surface area contributed by atoms with Crippen molar-refractivity contribution < 1.29 is 4.79 Å². The van der Waals surface area contributed by atoms with Crippen LogP contribution in [0.4, 0.5) is 0 Å². The molecule has 1 aromatic rings. The van der Waals surface area contributed by atoms with Crippen LogP contribution in [0.15, 0.2) is 18.2 Å². The van der Waals surface area contributed by atoms with Crippen molar-refractivity contribution in [3.63, 3.8) is 0 Å². The van der Waals surface area contributed by atoms with Gasteiger partial charge in [0.15, 0.2) is 0 Å². The summed E-state index contributed by atoms with van der Waals surface area (Å²) in [6.07, 6.45) is 5.70. The number of alkyl halides is 1. The first-order valence-electron chi connectivity index (χ1n) is 9.67. The molecule has 0 radical (unpaired) electrons. The fourth-order valence-corrected chi connectivity index (χ4v) is 7.80. The first-order chi connectivity index (χ1) is 12.2. The Hall–Kier alpha value is -0.440. The van der Waals surface area contributed by atoms with Gasteiger partial charge in [-0.25, -0.2) is 0 Å². The van der Waals surface area contributed by atoms with Crippen molar-refractivity contribution in [3.8, 4) is 0 Å². The lowest BCUT2D eigenvalue weighted by Crippen LogP contribution is -2.70. The van der Waals surface area contributed by atoms with Crippen LogP contribution >= 0.6 is 34.8 Å². The Morgan fingerprint density at radius 2 is 1.73 bits per heavy atom. The average Bonchev–Trinajstić information content (AvgIpc) is 2.55. The maximum atomic E-state index is 13.2. The Morgan fingerprint density at radius 1 is 1.08 bits per heavy atom. The van der Waals surface area contributed by atoms with E-state index >= 15 is 0 Å². The zero-order chi connectivity index (χ0) is 18.4. The molecule has 4 saturated carbocycles. The van der Waals surface area contributed by atoms with E-state index in [0.29, 0.717) is 27.9 Å². The summed E-state index contributed by atoms with van der Waals surface area (Å²) in [4.78, 5) is 15.3. The summed E-state index contributed by atoms with van der Waals surface area (Å²) in [6.45, 7) is 4.07. The highest BCUT2D eigenvalue weighted by Crippen LogP contribution is 2.63. The standard InChI is InChI=1S/C21H24Cl3NO/c1-20(2)18(14-4-3-5-15(22)16(14)23)25(19(20)26)17-12-6-11-7-13(17)10-21(24,8-11)9-12/h3-5,11-13,17-18H,6-10H2,1-2H3/t11?,12-,13-,17?,18?,21?/m0/s1. The zero-order valence-corrected chi connectivity index (χ0v) is 17.4. The summed E-state index contributed by atoms with van der Waals surface area (Å²) >= 11 is 19.8. The minimum absolute atomic E-state index is 0.00463. The van der Waals surface area contributed by atoms with Crippen LogP contribution in [-0.4, -0.2) is 21.7 Å². The molecule has 4 aliphatic carbocycles. The third-order valence-electron chi connectivity index (χ3n) is 7.49. The molecule has 1 heterocycles. The molecule has 1 saturated heterocycles. The number of nitrogens with zero attached hydrogens (tertiary/aromatic N) is 1. The van der Waals surface area contributed by atoms with Gasteiger partial charge in [-0.2, -0.15) is 0 Å². The Morgan fingerprint density at radius 3 is 2.35 bits per heavy atom. The average molecular weight is 413 g/mol. The molecule has 5 heteroatoms. The van der Waals surface area contributed by atoms with E-state index in [1.165, 1.54) is 12.8 Å². The van der Waals surface area contributed by atoms with Crippen molar-refractivity contribution in [2.75, 3.05) is 0 Å². The zero-order valence-electron chi connectivity index (χ0n) is 15.1. The number of carbonyl (C=O) groups excluding carboxylic acids is 1. The SMILES string of the molecule is CC1(C)C(=O)N(C2[C@H]3CC4C[C@H]2CC(Cl)(C4)C3)C1c1cccc(Cl)c1Cl. The largest absolute Gasteiger partial charge is 0.330 e. The lowest BCUT2D eigenvalue weighted by atomic mass is 9.52. The molecule has 140 valence electrons. The predicted octanol–water partition coefficient (Wildman–Crippen LogP) is 6.09. The molecule has 2 nitrogen and oxygen atoms in total. The number of benzene rings is 1. The van der Waals surface area contributed by atoms with E-state index < -0.39 is 5.41 Å². The van der Waals surface area contributed by atoms with Crippen LogP contribution in [0, 0.1) is 23.2 Å². The van der Waals surface area contributed by atoms with Gasteiger partial charge >= 0.3 is 0 Å². The number of β-lactam (4-membered cyclic amide) rings is 1. The second-order valence-electron chi connectivity index (χ2n) is 9.59. The number of amides is 1. The monoisotopic (exact) mass is 411 g/mol. The molecule has 5 aliphatic rings. The second-order valence-corrected chi connectivity index (χ2v) is 11.2. The fraction of sp³-hybridized carbons (Fsp3) is 0.667.